The molecule has 112 valence electrons. The van der Waals surface area contributed by atoms with Gasteiger partial charge >= 0.3 is 5.97 Å². The van der Waals surface area contributed by atoms with Crippen LogP contribution in [0.3, 0.4) is 0 Å². The summed E-state index contributed by atoms with van der Waals surface area (Å²) in [5.41, 5.74) is -0.557. The second-order valence-electron chi connectivity index (χ2n) is 3.94. The molecular weight excluding hydrogens is 347 g/mol. The zero-order valence-electron chi connectivity index (χ0n) is 9.95. The Kier molecular flexibility index (Phi) is 3.93. The van der Waals surface area contributed by atoms with Gasteiger partial charge in [-0.15, -0.1) is 0 Å². The Morgan fingerprint density at radius 3 is 2.19 bits per heavy atom. The quantitative estimate of drug-likeness (QED) is 0.792. The van der Waals surface area contributed by atoms with Crippen LogP contribution in [-0.2, 0) is 19.7 Å². The Balaban J connectivity index is 2.56. The summed E-state index contributed by atoms with van der Waals surface area (Å²) in [7, 11) is -4.53. The van der Waals surface area contributed by atoms with Crippen LogP contribution in [0.25, 0.3) is 0 Å². The summed E-state index contributed by atoms with van der Waals surface area (Å²) < 4.78 is 31.0. The van der Waals surface area contributed by atoms with Crippen molar-refractivity contribution < 1.29 is 27.7 Å². The molecule has 1 aliphatic rings. The summed E-state index contributed by atoms with van der Waals surface area (Å²) in [5.74, 6) is -2.05. The third kappa shape index (κ3) is 3.00. The Hall–Kier alpha value is -1.68. The number of carboxylic acid groups (broad SMARTS) is 1. The molecule has 1 aromatic rings. The molecule has 2 rings (SSSR count). The van der Waals surface area contributed by atoms with Crippen molar-refractivity contribution in [3.05, 3.63) is 22.2 Å². The van der Waals surface area contributed by atoms with Gasteiger partial charge in [0.05, 0.1) is 21.4 Å². The molecule has 1 aliphatic heterocycles. The van der Waals surface area contributed by atoms with Crippen LogP contribution in [-0.4, -0.2) is 35.7 Å². The number of hydrazone groups is 1. The van der Waals surface area contributed by atoms with E-state index in [1.165, 1.54) is 0 Å². The van der Waals surface area contributed by atoms with Crippen LogP contribution in [0, 0.1) is 0 Å². The highest BCUT2D eigenvalue weighted by Gasteiger charge is 2.32. The van der Waals surface area contributed by atoms with Crippen molar-refractivity contribution in [2.45, 2.75) is 11.3 Å². The van der Waals surface area contributed by atoms with Crippen molar-refractivity contribution in [3.63, 3.8) is 0 Å². The third-order valence-corrected chi connectivity index (χ3v) is 3.93. The number of hydrogen-bond donors (Lipinski definition) is 2. The average Bonchev–Trinajstić information content (AvgIpc) is 2.69. The maximum absolute atomic E-state index is 11.7. The van der Waals surface area contributed by atoms with Crippen molar-refractivity contribution >= 4 is 56.6 Å². The van der Waals surface area contributed by atoms with Crippen LogP contribution in [0.4, 0.5) is 5.69 Å². The lowest BCUT2D eigenvalue weighted by atomic mass is 10.2. The molecule has 11 heteroatoms. The van der Waals surface area contributed by atoms with Gasteiger partial charge in [0.25, 0.3) is 16.0 Å². The Labute approximate surface area is 128 Å². The van der Waals surface area contributed by atoms with Crippen LogP contribution < -0.4 is 5.01 Å². The first-order chi connectivity index (χ1) is 9.61. The lowest BCUT2D eigenvalue weighted by Crippen LogP contribution is -2.20. The number of benzene rings is 1. The van der Waals surface area contributed by atoms with Gasteiger partial charge in [-0.05, 0) is 12.1 Å². The molecule has 0 atom stereocenters. The predicted molar refractivity (Wildman–Crippen MR) is 73.5 cm³/mol. The SMILES string of the molecule is O=C(O)C1=NN(c2c(Cl)cc(S(=O)(=O)O)cc2Cl)C(=O)C1. The Morgan fingerprint density at radius 2 is 1.81 bits per heavy atom. The summed E-state index contributed by atoms with van der Waals surface area (Å²) in [6.45, 7) is 0. The highest BCUT2D eigenvalue weighted by molar-refractivity contribution is 7.85. The second kappa shape index (κ2) is 5.26. The van der Waals surface area contributed by atoms with Gasteiger partial charge in [-0.3, -0.25) is 9.35 Å². The molecule has 0 aliphatic carbocycles. The number of carbonyl (C=O) groups is 2. The minimum Gasteiger partial charge on any atom is -0.477 e. The molecule has 8 nitrogen and oxygen atoms in total. The summed E-state index contributed by atoms with van der Waals surface area (Å²) in [4.78, 5) is 22.0. The number of hydrogen-bond acceptors (Lipinski definition) is 5. The van der Waals surface area contributed by atoms with Gasteiger partial charge in [0.2, 0.25) is 0 Å². The fourth-order valence-electron chi connectivity index (χ4n) is 1.62. The summed E-state index contributed by atoms with van der Waals surface area (Å²) >= 11 is 11.7. The lowest BCUT2D eigenvalue weighted by molar-refractivity contribution is -0.129. The highest BCUT2D eigenvalue weighted by atomic mass is 35.5. The van der Waals surface area contributed by atoms with Crippen molar-refractivity contribution in [1.82, 2.24) is 0 Å². The topological polar surface area (TPSA) is 124 Å². The number of rotatable bonds is 3. The summed E-state index contributed by atoms with van der Waals surface area (Å²) in [5, 5.41) is 12.5. The molecule has 2 N–H and O–H groups in total. The zero-order valence-corrected chi connectivity index (χ0v) is 12.3. The average molecular weight is 353 g/mol. The van der Waals surface area contributed by atoms with E-state index < -0.39 is 39.0 Å². The normalized spacial score (nSPS) is 15.3. The Bertz CT molecular complexity index is 766. The number of nitrogens with zero attached hydrogens (tertiary/aromatic N) is 2. The number of carbonyl (C=O) groups excluding carboxylic acids is 1. The maximum Gasteiger partial charge on any atom is 0.352 e. The molecule has 0 aromatic heterocycles. The number of aliphatic carboxylic acids is 1. The highest BCUT2D eigenvalue weighted by Crippen LogP contribution is 2.38. The van der Waals surface area contributed by atoms with Gasteiger partial charge in [-0.2, -0.15) is 18.5 Å². The molecule has 0 radical (unpaired) electrons. The zero-order chi connectivity index (χ0) is 15.9. The van der Waals surface area contributed by atoms with Crippen molar-refractivity contribution in [2.24, 2.45) is 5.10 Å². The van der Waals surface area contributed by atoms with Crippen LogP contribution in [0.5, 0.6) is 0 Å². The van der Waals surface area contributed by atoms with E-state index >= 15 is 0 Å². The molecule has 21 heavy (non-hydrogen) atoms. The molecule has 0 unspecified atom stereocenters. The first-order valence-corrected chi connectivity index (χ1v) is 7.41. The van der Waals surface area contributed by atoms with Gasteiger partial charge in [0.15, 0.2) is 5.71 Å². The van der Waals surface area contributed by atoms with Crippen molar-refractivity contribution in [1.29, 1.82) is 0 Å². The van der Waals surface area contributed by atoms with E-state index in [0.717, 1.165) is 12.1 Å². The number of halogens is 2. The smallest absolute Gasteiger partial charge is 0.352 e. The van der Waals surface area contributed by atoms with Crippen LogP contribution in [0.15, 0.2) is 22.1 Å². The summed E-state index contributed by atoms with van der Waals surface area (Å²) in [6, 6.07) is 1.75. The standard InChI is InChI=1S/C10H6Cl2N2O6S/c11-5-1-4(21(18,19)20)2-6(12)9(5)14-8(15)3-7(13-14)10(16)17/h1-2H,3H2,(H,16,17)(H,18,19,20). The lowest BCUT2D eigenvalue weighted by Gasteiger charge is -2.15. The van der Waals surface area contributed by atoms with Gasteiger partial charge in [0.1, 0.15) is 5.69 Å². The fourth-order valence-corrected chi connectivity index (χ4v) is 2.93. The van der Waals surface area contributed by atoms with Crippen molar-refractivity contribution in [3.8, 4) is 0 Å². The van der Waals surface area contributed by atoms with E-state index in [-0.39, 0.29) is 15.7 Å². The van der Waals surface area contributed by atoms with E-state index in [9.17, 15) is 18.0 Å². The molecular formula is C10H6Cl2N2O6S. The molecule has 0 saturated carbocycles. The van der Waals surface area contributed by atoms with Crippen LogP contribution >= 0.6 is 23.2 Å². The fraction of sp³-hybridized carbons (Fsp3) is 0.100. The summed E-state index contributed by atoms with van der Waals surface area (Å²) in [6.07, 6.45) is -0.442. The minimum atomic E-state index is -4.53. The van der Waals surface area contributed by atoms with E-state index in [1.54, 1.807) is 0 Å². The largest absolute Gasteiger partial charge is 0.477 e. The number of amides is 1. The minimum absolute atomic E-state index is 0.160. The van der Waals surface area contributed by atoms with Gasteiger partial charge in [0, 0.05) is 0 Å². The van der Waals surface area contributed by atoms with Gasteiger partial charge < -0.3 is 5.11 Å². The van der Waals surface area contributed by atoms with Crippen LogP contribution in [0.2, 0.25) is 10.0 Å². The molecule has 1 amide bonds. The number of anilines is 1. The van der Waals surface area contributed by atoms with E-state index in [0.29, 0.717) is 5.01 Å². The predicted octanol–water partition coefficient (Wildman–Crippen LogP) is 1.42. The maximum atomic E-state index is 11.7. The molecule has 0 spiro atoms. The van der Waals surface area contributed by atoms with Crippen molar-refractivity contribution in [2.75, 3.05) is 5.01 Å². The molecule has 0 saturated heterocycles. The molecule has 0 bridgehead atoms. The Morgan fingerprint density at radius 1 is 1.29 bits per heavy atom. The number of carboxylic acids is 1. The molecule has 1 aromatic carbocycles. The van der Waals surface area contributed by atoms with E-state index in [4.69, 9.17) is 32.9 Å². The van der Waals surface area contributed by atoms with Gasteiger partial charge in [-0.25, -0.2) is 4.79 Å². The molecule has 0 fully saturated rings. The van der Waals surface area contributed by atoms with E-state index in [1.807, 2.05) is 0 Å². The van der Waals surface area contributed by atoms with Gasteiger partial charge in [-0.1, -0.05) is 23.2 Å². The first-order valence-electron chi connectivity index (χ1n) is 5.21. The monoisotopic (exact) mass is 352 g/mol. The van der Waals surface area contributed by atoms with E-state index in [2.05, 4.69) is 5.10 Å². The second-order valence-corrected chi connectivity index (χ2v) is 6.18. The third-order valence-electron chi connectivity index (χ3n) is 2.52. The first kappa shape index (κ1) is 15.7. The van der Waals surface area contributed by atoms with Crippen LogP contribution in [0.1, 0.15) is 6.42 Å². The molecule has 1 heterocycles.